The summed E-state index contributed by atoms with van der Waals surface area (Å²) in [4.78, 5) is 13.1. The summed E-state index contributed by atoms with van der Waals surface area (Å²) in [6.45, 7) is 3.38. The van der Waals surface area contributed by atoms with Crippen LogP contribution >= 0.6 is 22.9 Å². The molecule has 14 heteroatoms. The fourth-order valence-corrected chi connectivity index (χ4v) is 7.92. The van der Waals surface area contributed by atoms with Crippen LogP contribution in [0.2, 0.25) is 5.02 Å². The van der Waals surface area contributed by atoms with Gasteiger partial charge in [-0.15, -0.1) is 17.7 Å². The number of rotatable bonds is 5. The SMILES string of the molecule is CC(O)C1CCN(C)c2nc(OC[C@@]34CCCN3C[C@H](F)C4)nc3c(F)c(-c4ccc(F)c5sc(N)[c-]c45)c(Cl)c(c23)O1.[Cm]. The zero-order chi connectivity index (χ0) is 30.2. The summed E-state index contributed by atoms with van der Waals surface area (Å²) in [5, 5.41) is 11.2. The van der Waals surface area contributed by atoms with Gasteiger partial charge in [-0.05, 0) is 42.6 Å². The molecule has 3 aliphatic heterocycles. The van der Waals surface area contributed by atoms with E-state index < -0.39 is 35.6 Å². The van der Waals surface area contributed by atoms with Gasteiger partial charge >= 0.3 is 6.01 Å². The van der Waals surface area contributed by atoms with Gasteiger partial charge < -0.3 is 25.2 Å². The van der Waals surface area contributed by atoms with Crippen molar-refractivity contribution < 1.29 is 27.8 Å². The average molecular weight is 880 g/mol. The largest absolute Gasteiger partial charge is 0.485 e. The average Bonchev–Trinajstić information content (AvgIpc) is 3.62. The van der Waals surface area contributed by atoms with E-state index in [0.29, 0.717) is 31.7 Å². The first kappa shape index (κ1) is 30.0. The Bertz CT molecular complexity index is 1760. The Labute approximate surface area is 255 Å². The van der Waals surface area contributed by atoms with Crippen molar-refractivity contribution in [3.63, 3.8) is 0 Å². The second-order valence-corrected chi connectivity index (χ2v) is 13.2. The summed E-state index contributed by atoms with van der Waals surface area (Å²) in [5.74, 6) is -0.847. The predicted molar refractivity (Wildman–Crippen MR) is 161 cm³/mol. The Morgan fingerprint density at radius 2 is 2.11 bits per heavy atom. The molecule has 0 aliphatic carbocycles. The monoisotopic (exact) mass is 875 g/mol. The van der Waals surface area contributed by atoms with Crippen molar-refractivity contribution in [3.05, 3.63) is 34.9 Å². The molecule has 3 N–H and O–H groups in total. The van der Waals surface area contributed by atoms with Crippen LogP contribution in [0.25, 0.3) is 32.1 Å². The molecule has 4 aromatic rings. The Morgan fingerprint density at radius 3 is 2.89 bits per heavy atom. The van der Waals surface area contributed by atoms with Gasteiger partial charge in [-0.2, -0.15) is 26.7 Å². The molecule has 3 aliphatic rings. The van der Waals surface area contributed by atoms with Crippen molar-refractivity contribution in [2.24, 2.45) is 0 Å². The Kier molecular flexibility index (Phi) is 7.38. The normalized spacial score (nSPS) is 24.1. The predicted octanol–water partition coefficient (Wildman–Crippen LogP) is 5.75. The van der Waals surface area contributed by atoms with Crippen molar-refractivity contribution in [2.75, 3.05) is 43.9 Å². The zero-order valence-electron chi connectivity index (χ0n) is 23.9. The first-order valence-electron chi connectivity index (χ1n) is 14.3. The maximum Gasteiger partial charge on any atom is 0.319 e. The Morgan fingerprint density at radius 1 is 1.32 bits per heavy atom. The molecule has 44 heavy (non-hydrogen) atoms. The molecule has 2 aromatic heterocycles. The summed E-state index contributed by atoms with van der Waals surface area (Å²) in [7, 11) is 1.80. The number of nitrogens with two attached hydrogens (primary N) is 1. The topological polar surface area (TPSA) is 97.0 Å². The molecule has 2 aromatic carbocycles. The molecule has 0 amide bonds. The molecule has 0 radical (unpaired) electrons. The summed E-state index contributed by atoms with van der Waals surface area (Å²) in [6, 6.07) is 5.52. The Hall–Kier alpha value is -4.06. The van der Waals surface area contributed by atoms with Crippen LogP contribution in [-0.2, 0) is 0 Å². The molecule has 7 rings (SSSR count). The molecule has 2 unspecified atom stereocenters. The smallest absolute Gasteiger partial charge is 0.319 e. The molecule has 236 valence electrons. The van der Waals surface area contributed by atoms with E-state index in [2.05, 4.69) is 20.9 Å². The van der Waals surface area contributed by atoms with Crippen LogP contribution in [0.3, 0.4) is 0 Å². The number of fused-ring (bicyclic) bond motifs is 2. The van der Waals surface area contributed by atoms with Gasteiger partial charge in [0.15, 0.2) is 5.75 Å². The molecule has 5 heterocycles. The van der Waals surface area contributed by atoms with E-state index in [4.69, 9.17) is 26.8 Å². The zero-order valence-corrected chi connectivity index (χ0v) is 28.5. The summed E-state index contributed by atoms with van der Waals surface area (Å²) in [6.07, 6.45) is 0.0677. The number of halogens is 4. The second-order valence-electron chi connectivity index (χ2n) is 11.7. The van der Waals surface area contributed by atoms with Crippen LogP contribution in [-0.4, -0.2) is 77.2 Å². The molecule has 4 atom stereocenters. The number of hydrogen-bond acceptors (Lipinski definition) is 9. The molecule has 8 nitrogen and oxygen atoms in total. The van der Waals surface area contributed by atoms with Crippen molar-refractivity contribution in [1.29, 1.82) is 0 Å². The number of nitrogen functional groups attached to an aromatic ring is 1. The van der Waals surface area contributed by atoms with Gasteiger partial charge in [0, 0.05) is 38.0 Å². The van der Waals surface area contributed by atoms with Crippen molar-refractivity contribution in [1.82, 2.24) is 14.9 Å². The number of alkyl halides is 1. The summed E-state index contributed by atoms with van der Waals surface area (Å²) in [5.41, 5.74) is 5.60. The van der Waals surface area contributed by atoms with Crippen LogP contribution in [0.15, 0.2) is 12.1 Å². The number of ether oxygens (including phenoxy) is 2. The standard InChI is InChI=1S/C30H30ClF3N5O3S.Cm/c1-14(40)19-6-9-38(2)28-22-25(36-29(37-28)41-13-30-7-3-8-39(30)12-15(32)11-30)24(34)21(23(31)26(22)42-19)16-4-5-18(33)27-17(16)10-20(35)43-27;/h4-5,14-15,19,40H,3,6-9,11-13,35H2,1-2H3;/q-1;/t14?,15-,19?,30+;/m1./s1. The first-order chi connectivity index (χ1) is 20.6. The van der Waals surface area contributed by atoms with E-state index in [1.54, 1.807) is 14.0 Å². The van der Waals surface area contributed by atoms with Gasteiger partial charge in [-0.3, -0.25) is 4.90 Å². The molecule has 0 spiro atoms. The fourth-order valence-electron chi connectivity index (χ4n) is 6.80. The van der Waals surface area contributed by atoms with Crippen LogP contribution < -0.4 is 20.1 Å². The number of hydrogen-bond donors (Lipinski definition) is 2. The van der Waals surface area contributed by atoms with Gasteiger partial charge in [0.2, 0.25) is 0 Å². The van der Waals surface area contributed by atoms with Gasteiger partial charge in [0.25, 0.3) is 0 Å². The first-order valence-corrected chi connectivity index (χ1v) is 15.5. The van der Waals surface area contributed by atoms with E-state index in [-0.39, 0.29) is 60.5 Å². The van der Waals surface area contributed by atoms with Gasteiger partial charge in [-0.1, -0.05) is 11.6 Å². The number of anilines is 2. The quantitative estimate of drug-likeness (QED) is 0.245. The fraction of sp³-hybridized carbons (Fsp3) is 0.467. The number of thiophene rings is 1. The molecule has 0 bridgehead atoms. The van der Waals surface area contributed by atoms with Crippen LogP contribution in [0.4, 0.5) is 24.0 Å². The number of nitrogens with zero attached hydrogens (tertiary/aromatic N) is 4. The van der Waals surface area contributed by atoms with Gasteiger partial charge in [-0.25, -0.2) is 13.2 Å². The van der Waals surface area contributed by atoms with Crippen LogP contribution in [0, 0.1) is 17.7 Å². The van der Waals surface area contributed by atoms with E-state index in [1.807, 2.05) is 4.90 Å². The van der Waals surface area contributed by atoms with Crippen LogP contribution in [0.1, 0.15) is 32.6 Å². The maximum atomic E-state index is 16.8. The molecular weight excluding hydrogens is 850 g/mol. The van der Waals surface area contributed by atoms with Gasteiger partial charge in [0.1, 0.15) is 36.0 Å². The number of aliphatic hydroxyl groups excluding tert-OH is 1. The minimum atomic E-state index is -0.930. The number of benzene rings is 2. The molecular formula is C30H30ClCmF3N5O3S-. The minimum Gasteiger partial charge on any atom is -0.485 e. The third-order valence-corrected chi connectivity index (χ3v) is 10.2. The maximum absolute atomic E-state index is 16.8. The number of aromatic nitrogens is 2. The van der Waals surface area contributed by atoms with E-state index in [1.165, 1.54) is 12.1 Å². The van der Waals surface area contributed by atoms with Crippen molar-refractivity contribution in [2.45, 2.75) is 56.5 Å². The molecule has 0 saturated carbocycles. The Balaban J connectivity index is 0.00000343. The van der Waals surface area contributed by atoms with Crippen molar-refractivity contribution >= 4 is 54.7 Å². The third kappa shape index (κ3) is 4.61. The minimum absolute atomic E-state index is 0. The second kappa shape index (κ2) is 10.8. The number of aliphatic hydroxyl groups is 1. The summed E-state index contributed by atoms with van der Waals surface area (Å²) < 4.78 is 58.6. The third-order valence-electron chi connectivity index (χ3n) is 8.93. The van der Waals surface area contributed by atoms with Crippen molar-refractivity contribution in [3.8, 4) is 22.9 Å². The summed E-state index contributed by atoms with van der Waals surface area (Å²) >= 11 is 7.96. The van der Waals surface area contributed by atoms with E-state index in [9.17, 15) is 13.9 Å². The van der Waals surface area contributed by atoms with Crippen LogP contribution in [0.5, 0.6) is 11.8 Å². The molecule has 2 fully saturated rings. The van der Waals surface area contributed by atoms with E-state index >= 15 is 4.39 Å². The van der Waals surface area contributed by atoms with Gasteiger partial charge in [0.05, 0.1) is 27.9 Å². The van der Waals surface area contributed by atoms with E-state index in [0.717, 1.165) is 30.7 Å². The molecule has 2 saturated heterocycles.